The number of ether oxygens (including phenoxy) is 1. The lowest BCUT2D eigenvalue weighted by Crippen LogP contribution is -2.48. The molecule has 1 aromatic carbocycles. The number of hydrogen-bond acceptors (Lipinski definition) is 6. The van der Waals surface area contributed by atoms with Crippen molar-refractivity contribution in [3.05, 3.63) is 56.5 Å². The molecule has 0 bridgehead atoms. The van der Waals surface area contributed by atoms with Gasteiger partial charge in [-0.2, -0.15) is 0 Å². The van der Waals surface area contributed by atoms with Crippen molar-refractivity contribution in [1.82, 2.24) is 29.3 Å². The first-order valence-electron chi connectivity index (χ1n) is 10.3. The minimum atomic E-state index is -0.515. The fourth-order valence-corrected chi connectivity index (χ4v) is 3.80. The number of carbonyl (C=O) groups is 1. The lowest BCUT2D eigenvalue weighted by Gasteiger charge is -2.34. The van der Waals surface area contributed by atoms with Crippen LogP contribution in [0.3, 0.4) is 0 Å². The van der Waals surface area contributed by atoms with Crippen molar-refractivity contribution >= 4 is 17.1 Å². The summed E-state index contributed by atoms with van der Waals surface area (Å²) in [7, 11) is 3.20. The highest BCUT2D eigenvalue weighted by atomic mass is 16.5. The second-order valence-electron chi connectivity index (χ2n) is 7.71. The number of aromatic amines is 2. The molecular weight excluding hydrogens is 400 g/mol. The number of aromatic nitrogens is 4. The zero-order valence-electron chi connectivity index (χ0n) is 17.7. The third-order valence-corrected chi connectivity index (χ3v) is 5.67. The number of H-pyrrole nitrogens is 2. The van der Waals surface area contributed by atoms with Crippen molar-refractivity contribution in [3.8, 4) is 5.75 Å². The Morgan fingerprint density at radius 3 is 2.48 bits per heavy atom. The van der Waals surface area contributed by atoms with Crippen LogP contribution in [0.4, 0.5) is 0 Å². The Morgan fingerprint density at radius 1 is 1.10 bits per heavy atom. The Hall–Kier alpha value is -3.40. The summed E-state index contributed by atoms with van der Waals surface area (Å²) < 4.78 is 6.47. The van der Waals surface area contributed by atoms with E-state index >= 15 is 0 Å². The van der Waals surface area contributed by atoms with Gasteiger partial charge in [0.1, 0.15) is 17.1 Å². The van der Waals surface area contributed by atoms with E-state index in [0.29, 0.717) is 37.4 Å². The molecule has 2 N–H and O–H groups in total. The molecule has 1 fully saturated rings. The van der Waals surface area contributed by atoms with E-state index in [9.17, 15) is 14.4 Å². The number of nitrogens with one attached hydrogen (secondary N) is 2. The standard InChI is InChI=1S/C21H26N6O4/c1-25-19-18(20(29)24-21(25)30)22-16(23-19)7-8-17(28)27-11-9-26(10-12-27)13-14-3-5-15(31-2)6-4-14/h3-6H,7-13H2,1-2H3,(H,22,23)(H,24,29,30). The van der Waals surface area contributed by atoms with E-state index in [4.69, 9.17) is 4.74 Å². The summed E-state index contributed by atoms with van der Waals surface area (Å²) in [6, 6.07) is 8.03. The molecule has 0 radical (unpaired) electrons. The monoisotopic (exact) mass is 426 g/mol. The third-order valence-electron chi connectivity index (χ3n) is 5.67. The molecule has 1 saturated heterocycles. The Kier molecular flexibility index (Phi) is 5.90. The number of nitrogens with zero attached hydrogens (tertiary/aromatic N) is 4. The van der Waals surface area contributed by atoms with Gasteiger partial charge in [0.05, 0.1) is 7.11 Å². The van der Waals surface area contributed by atoms with Crippen LogP contribution in [0.1, 0.15) is 17.8 Å². The fraction of sp³-hybridized carbons (Fsp3) is 0.429. The molecule has 0 spiro atoms. The minimum absolute atomic E-state index is 0.0624. The van der Waals surface area contributed by atoms with Gasteiger partial charge in [0.2, 0.25) is 5.91 Å². The number of carbonyl (C=O) groups excluding carboxylic acids is 1. The van der Waals surface area contributed by atoms with Gasteiger partial charge in [0.25, 0.3) is 5.56 Å². The van der Waals surface area contributed by atoms with E-state index in [0.717, 1.165) is 25.4 Å². The molecule has 164 valence electrons. The van der Waals surface area contributed by atoms with Crippen molar-refractivity contribution in [1.29, 1.82) is 0 Å². The molecule has 10 nitrogen and oxygen atoms in total. The summed E-state index contributed by atoms with van der Waals surface area (Å²) >= 11 is 0. The van der Waals surface area contributed by atoms with Crippen molar-refractivity contribution in [2.24, 2.45) is 7.05 Å². The van der Waals surface area contributed by atoms with Crippen LogP contribution >= 0.6 is 0 Å². The third kappa shape index (κ3) is 4.53. The highest BCUT2D eigenvalue weighted by Crippen LogP contribution is 2.15. The molecule has 1 amide bonds. The van der Waals surface area contributed by atoms with Gasteiger partial charge < -0.3 is 14.6 Å². The summed E-state index contributed by atoms with van der Waals surface area (Å²) in [6.45, 7) is 3.85. The van der Waals surface area contributed by atoms with Crippen LogP contribution < -0.4 is 16.0 Å². The van der Waals surface area contributed by atoms with Gasteiger partial charge in [0.15, 0.2) is 5.65 Å². The number of hydrogen-bond donors (Lipinski definition) is 2. The number of rotatable bonds is 6. The van der Waals surface area contributed by atoms with Crippen LogP contribution in [0.5, 0.6) is 5.75 Å². The van der Waals surface area contributed by atoms with Crippen LogP contribution in [-0.2, 0) is 24.8 Å². The maximum absolute atomic E-state index is 12.6. The number of amides is 1. The number of benzene rings is 1. The van der Waals surface area contributed by atoms with E-state index in [-0.39, 0.29) is 11.4 Å². The molecule has 0 aliphatic carbocycles. The van der Waals surface area contributed by atoms with Crippen molar-refractivity contribution in [2.45, 2.75) is 19.4 Å². The van der Waals surface area contributed by atoms with Gasteiger partial charge in [-0.05, 0) is 17.7 Å². The van der Waals surface area contributed by atoms with Gasteiger partial charge in [0, 0.05) is 52.6 Å². The average molecular weight is 426 g/mol. The normalized spacial score (nSPS) is 14.8. The van der Waals surface area contributed by atoms with Crippen LogP contribution in [0.15, 0.2) is 33.9 Å². The molecule has 3 aromatic rings. The Bertz CT molecular complexity index is 1190. The van der Waals surface area contributed by atoms with Crippen LogP contribution in [0.2, 0.25) is 0 Å². The number of methoxy groups -OCH3 is 1. The summed E-state index contributed by atoms with van der Waals surface area (Å²) in [4.78, 5) is 49.9. The Morgan fingerprint density at radius 2 is 1.81 bits per heavy atom. The second kappa shape index (κ2) is 8.76. The lowest BCUT2D eigenvalue weighted by molar-refractivity contribution is -0.133. The van der Waals surface area contributed by atoms with E-state index < -0.39 is 11.2 Å². The molecule has 0 unspecified atom stereocenters. The number of imidazole rings is 1. The molecule has 0 atom stereocenters. The van der Waals surface area contributed by atoms with Crippen LogP contribution in [0.25, 0.3) is 11.2 Å². The first kappa shape index (κ1) is 20.9. The summed E-state index contributed by atoms with van der Waals surface area (Å²) in [6.07, 6.45) is 0.678. The summed E-state index contributed by atoms with van der Waals surface area (Å²) in [5.41, 5.74) is 0.741. The molecule has 31 heavy (non-hydrogen) atoms. The maximum atomic E-state index is 12.6. The summed E-state index contributed by atoms with van der Waals surface area (Å²) in [5, 5.41) is 0. The zero-order chi connectivity index (χ0) is 22.0. The van der Waals surface area contributed by atoms with Crippen molar-refractivity contribution in [3.63, 3.8) is 0 Å². The molecule has 1 aliphatic heterocycles. The number of fused-ring (bicyclic) bond motifs is 1. The van der Waals surface area contributed by atoms with E-state index in [1.165, 1.54) is 10.1 Å². The Labute approximate surface area is 178 Å². The smallest absolute Gasteiger partial charge is 0.329 e. The van der Waals surface area contributed by atoms with Crippen LogP contribution in [-0.4, -0.2) is 68.5 Å². The lowest BCUT2D eigenvalue weighted by atomic mass is 10.2. The molecule has 3 heterocycles. The molecule has 0 saturated carbocycles. The quantitative estimate of drug-likeness (QED) is 0.583. The van der Waals surface area contributed by atoms with Crippen LogP contribution in [0, 0.1) is 0 Å². The van der Waals surface area contributed by atoms with E-state index in [2.05, 4.69) is 32.0 Å². The molecule has 2 aromatic heterocycles. The van der Waals surface area contributed by atoms with E-state index in [1.54, 1.807) is 14.2 Å². The topological polar surface area (TPSA) is 116 Å². The van der Waals surface area contributed by atoms with Gasteiger partial charge >= 0.3 is 5.69 Å². The zero-order valence-corrected chi connectivity index (χ0v) is 17.7. The van der Waals surface area contributed by atoms with Gasteiger partial charge in [-0.15, -0.1) is 0 Å². The Balaban J connectivity index is 1.29. The molecule has 10 heteroatoms. The van der Waals surface area contributed by atoms with Gasteiger partial charge in [-0.3, -0.25) is 24.0 Å². The highest BCUT2D eigenvalue weighted by molar-refractivity contribution is 5.76. The first-order chi connectivity index (χ1) is 14.9. The molecular formula is C21H26N6O4. The highest BCUT2D eigenvalue weighted by Gasteiger charge is 2.21. The molecule has 4 rings (SSSR count). The minimum Gasteiger partial charge on any atom is -0.497 e. The van der Waals surface area contributed by atoms with Gasteiger partial charge in [-0.1, -0.05) is 12.1 Å². The maximum Gasteiger partial charge on any atom is 0.329 e. The fourth-order valence-electron chi connectivity index (χ4n) is 3.80. The average Bonchev–Trinajstić information content (AvgIpc) is 3.22. The first-order valence-corrected chi connectivity index (χ1v) is 10.3. The van der Waals surface area contributed by atoms with Crippen molar-refractivity contribution in [2.75, 3.05) is 33.3 Å². The number of aryl methyl sites for hydroxylation is 2. The predicted octanol–water partition coefficient (Wildman–Crippen LogP) is 0.236. The largest absolute Gasteiger partial charge is 0.497 e. The SMILES string of the molecule is COc1ccc(CN2CCN(C(=O)CCc3nc4c([nH]3)c(=O)[nH]c(=O)n4C)CC2)cc1. The van der Waals surface area contributed by atoms with Gasteiger partial charge in [-0.25, -0.2) is 9.78 Å². The predicted molar refractivity (Wildman–Crippen MR) is 115 cm³/mol. The van der Waals surface area contributed by atoms with Crippen molar-refractivity contribution < 1.29 is 9.53 Å². The number of piperazine rings is 1. The van der Waals surface area contributed by atoms with E-state index in [1.807, 2.05) is 17.0 Å². The molecule has 1 aliphatic rings. The summed E-state index contributed by atoms with van der Waals surface area (Å²) in [5.74, 6) is 1.43. The second-order valence-corrected chi connectivity index (χ2v) is 7.71.